The standard InChI is InChI=1S/C24H25BClN5O10/c26-16-12(4-5-14(32)18(16)33)17(29-24(39)31-9-8-30(7-6-27)21(35)22(31)36)20(34)28-15-10-11-2-1-3-13(23(37)38)19(11)41-25(15)40/h1-5,15,17,32-33,40H,6-10,27H2,(H,28,34)(H,29,39)(H,37,38)/t15-,17+/m0/s1. The first-order chi connectivity index (χ1) is 19.4. The van der Waals surface area contributed by atoms with Crippen LogP contribution in [0.5, 0.6) is 17.2 Å². The van der Waals surface area contributed by atoms with Gasteiger partial charge in [-0.3, -0.25) is 19.3 Å². The second-order valence-electron chi connectivity index (χ2n) is 9.18. The Bertz CT molecular complexity index is 1430. The van der Waals surface area contributed by atoms with Crippen molar-refractivity contribution in [1.29, 1.82) is 0 Å². The number of nitrogens with zero attached hydrogens (tertiary/aromatic N) is 2. The number of aromatic hydroxyl groups is 2. The first-order valence-electron chi connectivity index (χ1n) is 12.3. The van der Waals surface area contributed by atoms with Crippen molar-refractivity contribution in [3.05, 3.63) is 52.0 Å². The lowest BCUT2D eigenvalue weighted by atomic mass is 9.72. The number of hydrogen-bond donors (Lipinski definition) is 7. The summed E-state index contributed by atoms with van der Waals surface area (Å²) in [4.78, 5) is 64.9. The minimum Gasteiger partial charge on any atom is -0.534 e. The second-order valence-corrected chi connectivity index (χ2v) is 9.56. The highest BCUT2D eigenvalue weighted by molar-refractivity contribution is 6.47. The van der Waals surface area contributed by atoms with Crippen molar-refractivity contribution >= 4 is 48.4 Å². The van der Waals surface area contributed by atoms with E-state index in [-0.39, 0.29) is 49.5 Å². The first kappa shape index (κ1) is 29.4. The topological polar surface area (TPSA) is 232 Å². The highest BCUT2D eigenvalue weighted by Crippen LogP contribution is 2.38. The Morgan fingerprint density at radius 2 is 1.88 bits per heavy atom. The van der Waals surface area contributed by atoms with E-state index >= 15 is 0 Å². The molecule has 2 aliphatic rings. The van der Waals surface area contributed by atoms with Crippen LogP contribution >= 0.6 is 11.6 Å². The van der Waals surface area contributed by atoms with Crippen molar-refractivity contribution < 1.29 is 49.0 Å². The summed E-state index contributed by atoms with van der Waals surface area (Å²) >= 11 is 6.17. The molecule has 216 valence electrons. The normalized spacial score (nSPS) is 17.4. The molecule has 0 bridgehead atoms. The number of hydrogen-bond acceptors (Lipinski definition) is 10. The molecule has 4 rings (SSSR count). The molecule has 2 aromatic rings. The molecule has 15 nitrogen and oxygen atoms in total. The summed E-state index contributed by atoms with van der Waals surface area (Å²) in [5, 5.41) is 44.2. The summed E-state index contributed by atoms with van der Waals surface area (Å²) < 4.78 is 5.38. The lowest BCUT2D eigenvalue weighted by Gasteiger charge is -2.34. The van der Waals surface area contributed by atoms with Crippen LogP contribution in [-0.4, -0.2) is 99.1 Å². The van der Waals surface area contributed by atoms with E-state index in [0.29, 0.717) is 10.5 Å². The Morgan fingerprint density at radius 1 is 1.15 bits per heavy atom. The fourth-order valence-electron chi connectivity index (χ4n) is 4.50. The highest BCUT2D eigenvalue weighted by Gasteiger charge is 2.41. The predicted octanol–water partition coefficient (Wildman–Crippen LogP) is -1.03. The minimum absolute atomic E-state index is 0.0101. The van der Waals surface area contributed by atoms with E-state index in [1.807, 2.05) is 0 Å². The molecule has 5 amide bonds. The zero-order chi connectivity index (χ0) is 30.0. The van der Waals surface area contributed by atoms with Gasteiger partial charge in [-0.05, 0) is 24.1 Å². The van der Waals surface area contributed by atoms with Crippen molar-refractivity contribution in [3.8, 4) is 17.2 Å². The van der Waals surface area contributed by atoms with Crippen molar-refractivity contribution in [2.24, 2.45) is 5.73 Å². The van der Waals surface area contributed by atoms with Crippen LogP contribution in [0.4, 0.5) is 4.79 Å². The summed E-state index contributed by atoms with van der Waals surface area (Å²) in [7, 11) is -1.69. The Hall–Kier alpha value is -4.54. The number of para-hydroxylation sites is 1. The largest absolute Gasteiger partial charge is 0.547 e. The third-order valence-electron chi connectivity index (χ3n) is 6.60. The minimum atomic E-state index is -1.70. The van der Waals surface area contributed by atoms with Gasteiger partial charge in [0.2, 0.25) is 5.91 Å². The number of phenols is 2. The second kappa shape index (κ2) is 11.9. The van der Waals surface area contributed by atoms with Crippen LogP contribution in [-0.2, 0) is 20.8 Å². The Kier molecular flexibility index (Phi) is 8.56. The van der Waals surface area contributed by atoms with Gasteiger partial charge in [-0.1, -0.05) is 29.8 Å². The number of rotatable bonds is 7. The number of fused-ring (bicyclic) bond motifs is 1. The number of urea groups is 1. The Morgan fingerprint density at radius 3 is 2.56 bits per heavy atom. The maximum Gasteiger partial charge on any atom is 0.547 e. The molecule has 2 atom stereocenters. The highest BCUT2D eigenvalue weighted by atomic mass is 35.5. The van der Waals surface area contributed by atoms with E-state index in [9.17, 15) is 44.3 Å². The summed E-state index contributed by atoms with van der Waals surface area (Å²) in [6, 6.07) is 3.65. The van der Waals surface area contributed by atoms with E-state index in [1.54, 1.807) is 6.07 Å². The van der Waals surface area contributed by atoms with Gasteiger partial charge < -0.3 is 46.3 Å². The average molecular weight is 590 g/mol. The van der Waals surface area contributed by atoms with Crippen LogP contribution in [0.3, 0.4) is 0 Å². The Labute approximate surface area is 237 Å². The molecule has 2 heterocycles. The van der Waals surface area contributed by atoms with Gasteiger partial charge in [-0.15, -0.1) is 0 Å². The quantitative estimate of drug-likeness (QED) is 0.117. The zero-order valence-electron chi connectivity index (χ0n) is 21.2. The zero-order valence-corrected chi connectivity index (χ0v) is 22.0. The number of halogens is 1. The number of carbonyl (C=O) groups is 5. The summed E-state index contributed by atoms with van der Waals surface area (Å²) in [6.45, 7) is 0.0266. The van der Waals surface area contributed by atoms with Gasteiger partial charge in [-0.2, -0.15) is 0 Å². The molecule has 1 fully saturated rings. The lowest BCUT2D eigenvalue weighted by molar-refractivity contribution is -0.153. The molecule has 41 heavy (non-hydrogen) atoms. The number of aromatic carboxylic acids is 1. The van der Waals surface area contributed by atoms with Gasteiger partial charge in [0.1, 0.15) is 11.8 Å². The summed E-state index contributed by atoms with van der Waals surface area (Å²) in [5.74, 6) is -6.95. The molecule has 17 heteroatoms. The SMILES string of the molecule is NCCN1CCN(C(=O)N[C@@H](C(=O)N[C@H]2Cc3cccc(C(=O)O)c3OB2O)c2ccc(O)c(O)c2Cl)C(=O)C1=O. The molecule has 0 aromatic heterocycles. The van der Waals surface area contributed by atoms with Crippen molar-refractivity contribution in [1.82, 2.24) is 20.4 Å². The molecule has 2 aliphatic heterocycles. The molecule has 8 N–H and O–H groups in total. The van der Waals surface area contributed by atoms with Crippen LogP contribution in [0.1, 0.15) is 27.5 Å². The molecule has 0 radical (unpaired) electrons. The van der Waals surface area contributed by atoms with Crippen molar-refractivity contribution in [3.63, 3.8) is 0 Å². The third kappa shape index (κ3) is 5.84. The number of benzene rings is 2. The number of carboxylic acids is 1. The average Bonchev–Trinajstić information content (AvgIpc) is 2.93. The van der Waals surface area contributed by atoms with E-state index in [0.717, 1.165) is 12.1 Å². The number of carboxylic acid groups (broad SMARTS) is 1. The maximum absolute atomic E-state index is 13.5. The van der Waals surface area contributed by atoms with E-state index in [4.69, 9.17) is 22.0 Å². The van der Waals surface area contributed by atoms with Gasteiger partial charge in [0, 0.05) is 31.7 Å². The third-order valence-corrected chi connectivity index (χ3v) is 6.99. The van der Waals surface area contributed by atoms with Gasteiger partial charge in [0.25, 0.3) is 0 Å². The van der Waals surface area contributed by atoms with Crippen LogP contribution < -0.4 is 21.0 Å². The number of carbonyl (C=O) groups excluding carboxylic acids is 4. The number of phenolic OH excluding ortho intramolecular Hbond substituents is 2. The van der Waals surface area contributed by atoms with Crippen molar-refractivity contribution in [2.45, 2.75) is 18.4 Å². The lowest BCUT2D eigenvalue weighted by Crippen LogP contribution is -2.60. The number of piperazine rings is 1. The van der Waals surface area contributed by atoms with E-state index < -0.39 is 65.3 Å². The number of imide groups is 1. The van der Waals surface area contributed by atoms with Crippen molar-refractivity contribution in [2.75, 3.05) is 26.2 Å². The predicted molar refractivity (Wildman–Crippen MR) is 141 cm³/mol. The molecule has 0 aliphatic carbocycles. The molecule has 0 spiro atoms. The monoisotopic (exact) mass is 589 g/mol. The van der Waals surface area contributed by atoms with Crippen LogP contribution in [0.25, 0.3) is 0 Å². The number of amides is 5. The molecule has 1 saturated heterocycles. The number of nitrogens with one attached hydrogen (secondary N) is 2. The van der Waals surface area contributed by atoms with E-state index in [1.165, 1.54) is 17.0 Å². The van der Waals surface area contributed by atoms with Crippen LogP contribution in [0.2, 0.25) is 5.02 Å². The maximum atomic E-state index is 13.5. The van der Waals surface area contributed by atoms with E-state index in [2.05, 4.69) is 10.6 Å². The van der Waals surface area contributed by atoms with Gasteiger partial charge in [0.15, 0.2) is 11.5 Å². The first-order valence-corrected chi connectivity index (χ1v) is 12.6. The fraction of sp³-hybridized carbons (Fsp3) is 0.292. The smallest absolute Gasteiger partial charge is 0.534 e. The van der Waals surface area contributed by atoms with Gasteiger partial charge >= 0.3 is 30.9 Å². The molecular formula is C24H25BClN5O10. The molecule has 2 aromatic carbocycles. The van der Waals surface area contributed by atoms with Gasteiger partial charge in [-0.25, -0.2) is 9.59 Å². The summed E-state index contributed by atoms with van der Waals surface area (Å²) in [6.07, 6.45) is -0.0608. The van der Waals surface area contributed by atoms with Crippen LogP contribution in [0.15, 0.2) is 30.3 Å². The molecular weight excluding hydrogens is 565 g/mol. The Balaban J connectivity index is 1.60. The fourth-order valence-corrected chi connectivity index (χ4v) is 4.77. The molecule has 0 unspecified atom stereocenters. The summed E-state index contributed by atoms with van der Waals surface area (Å²) in [5.41, 5.74) is 5.45. The number of nitrogens with two attached hydrogens (primary N) is 1. The van der Waals surface area contributed by atoms with Gasteiger partial charge in [0.05, 0.1) is 16.5 Å². The van der Waals surface area contributed by atoms with Crippen LogP contribution in [0, 0.1) is 0 Å². The molecule has 0 saturated carbocycles.